The number of esters is 1. The molecule has 0 N–H and O–H groups in total. The Morgan fingerprint density at radius 2 is 1.30 bits per heavy atom. The first kappa shape index (κ1) is 33.7. The number of isocyanates is 1. The zero-order chi connectivity index (χ0) is 33.3. The number of hydrogen-bond acceptors (Lipinski definition) is 7. The van der Waals surface area contributed by atoms with Gasteiger partial charge in [-0.2, -0.15) is 4.99 Å². The third-order valence-electron chi connectivity index (χ3n) is 7.92. The van der Waals surface area contributed by atoms with Gasteiger partial charge in [-0.1, -0.05) is 115 Å². The summed E-state index contributed by atoms with van der Waals surface area (Å²) in [6.07, 6.45) is 1.43. The maximum absolute atomic E-state index is 12.6. The number of benzene rings is 5. The van der Waals surface area contributed by atoms with E-state index >= 15 is 0 Å². The van der Waals surface area contributed by atoms with Crippen molar-refractivity contribution in [2.24, 2.45) is 4.99 Å². The van der Waals surface area contributed by atoms with Gasteiger partial charge in [0.15, 0.2) is 0 Å². The fraction of sp³-hybridized carbons (Fsp3) is 0.250. The van der Waals surface area contributed by atoms with Crippen LogP contribution in [0.15, 0.2) is 132 Å². The number of thioether (sulfide) groups is 1. The molecule has 5 aromatic carbocycles. The maximum Gasteiger partial charge on any atom is 0.338 e. The van der Waals surface area contributed by atoms with Crippen molar-refractivity contribution in [1.29, 1.82) is 0 Å². The molecule has 6 nitrogen and oxygen atoms in total. The number of fused-ring (bicyclic) bond motifs is 1. The van der Waals surface area contributed by atoms with Gasteiger partial charge in [-0.3, -0.25) is 0 Å². The van der Waals surface area contributed by atoms with Crippen LogP contribution in [0.3, 0.4) is 0 Å². The number of nitrogens with zero attached hydrogens (tertiary/aromatic N) is 2. The molecule has 0 bridgehead atoms. The average Bonchev–Trinajstić information content (AvgIpc) is 3.10. The third-order valence-corrected chi connectivity index (χ3v) is 9.60. The lowest BCUT2D eigenvalue weighted by molar-refractivity contribution is -0.0451. The van der Waals surface area contributed by atoms with Crippen LogP contribution in [0.5, 0.6) is 0 Å². The van der Waals surface area contributed by atoms with Crippen LogP contribution >= 0.6 is 11.8 Å². The summed E-state index contributed by atoms with van der Waals surface area (Å²) in [5.41, 5.74) is 4.37. The van der Waals surface area contributed by atoms with Crippen LogP contribution in [0, 0.1) is 0 Å². The number of rotatable bonds is 13. The lowest BCUT2D eigenvalue weighted by Crippen LogP contribution is -2.41. The molecule has 5 aromatic rings. The Hall–Kier alpha value is -4.68. The Labute approximate surface area is 281 Å². The highest BCUT2D eigenvalue weighted by Crippen LogP contribution is 2.49. The molecule has 0 fully saturated rings. The van der Waals surface area contributed by atoms with Crippen LogP contribution in [0.1, 0.15) is 47.8 Å². The summed E-state index contributed by atoms with van der Waals surface area (Å²) in [4.78, 5) is 30.1. The zero-order valence-corrected chi connectivity index (χ0v) is 28.1. The highest BCUT2D eigenvalue weighted by atomic mass is 32.2. The van der Waals surface area contributed by atoms with Gasteiger partial charge >= 0.3 is 5.97 Å². The lowest BCUT2D eigenvalue weighted by atomic mass is 9.84. The number of aliphatic imine (C=N–C) groups is 1. The molecule has 0 aromatic heterocycles. The maximum atomic E-state index is 12.6. The first-order valence-electron chi connectivity index (χ1n) is 15.6. The fourth-order valence-electron chi connectivity index (χ4n) is 6.06. The molecule has 47 heavy (non-hydrogen) atoms. The Bertz CT molecular complexity index is 1720. The van der Waals surface area contributed by atoms with E-state index in [9.17, 15) is 9.59 Å². The number of methoxy groups -OCH3 is 1. The van der Waals surface area contributed by atoms with Gasteiger partial charge in [-0.05, 0) is 55.0 Å². The Kier molecular flexibility index (Phi) is 10.9. The first-order valence-corrected chi connectivity index (χ1v) is 16.6. The van der Waals surface area contributed by atoms with E-state index in [0.717, 1.165) is 16.5 Å². The Morgan fingerprint density at radius 1 is 0.766 bits per heavy atom. The lowest BCUT2D eigenvalue weighted by Gasteiger charge is -2.38. The quantitative estimate of drug-likeness (QED) is 0.0553. The smallest absolute Gasteiger partial charge is 0.338 e. The van der Waals surface area contributed by atoms with E-state index in [1.54, 1.807) is 12.1 Å². The van der Waals surface area contributed by atoms with Gasteiger partial charge < -0.3 is 14.4 Å². The van der Waals surface area contributed by atoms with Gasteiger partial charge in [0, 0.05) is 23.4 Å². The molecule has 7 heteroatoms. The van der Waals surface area contributed by atoms with Gasteiger partial charge in [0.1, 0.15) is 6.67 Å². The summed E-state index contributed by atoms with van der Waals surface area (Å²) in [6.45, 7) is 6.68. The number of carbonyl (C=O) groups excluding carboxylic acids is 2. The van der Waals surface area contributed by atoms with Crippen molar-refractivity contribution in [3.63, 3.8) is 0 Å². The molecule has 0 aliphatic heterocycles. The molecule has 0 aliphatic rings. The van der Waals surface area contributed by atoms with E-state index in [-0.39, 0.29) is 12.8 Å². The minimum absolute atomic E-state index is 0.0843. The van der Waals surface area contributed by atoms with Crippen molar-refractivity contribution in [1.82, 2.24) is 0 Å². The molecule has 5 rings (SSSR count). The molecule has 1 atom stereocenters. The second kappa shape index (κ2) is 15.3. The van der Waals surface area contributed by atoms with E-state index in [2.05, 4.69) is 98.6 Å². The second-order valence-electron chi connectivity index (χ2n) is 12.2. The van der Waals surface area contributed by atoms with Crippen molar-refractivity contribution < 1.29 is 19.1 Å². The normalized spacial score (nSPS) is 12.3. The van der Waals surface area contributed by atoms with Crippen molar-refractivity contribution in [2.45, 2.75) is 37.2 Å². The van der Waals surface area contributed by atoms with E-state index in [0.29, 0.717) is 17.9 Å². The van der Waals surface area contributed by atoms with Crippen LogP contribution in [0.2, 0.25) is 0 Å². The molecular weight excluding hydrogens is 605 g/mol. The first-order chi connectivity index (χ1) is 22.8. The molecule has 240 valence electrons. The molecule has 0 amide bonds. The summed E-state index contributed by atoms with van der Waals surface area (Å²) in [5.74, 6) is 0.213. The Morgan fingerprint density at radius 3 is 1.81 bits per heavy atom. The van der Waals surface area contributed by atoms with Crippen LogP contribution < -0.4 is 4.90 Å². The second-order valence-corrected chi connectivity index (χ2v) is 13.5. The molecule has 0 spiro atoms. The molecular formula is C40H40N2O4S. The fourth-order valence-corrected chi connectivity index (χ4v) is 7.58. The minimum Gasteiger partial charge on any atom is -0.465 e. The summed E-state index contributed by atoms with van der Waals surface area (Å²) >= 11 is 1.83. The van der Waals surface area contributed by atoms with Gasteiger partial charge in [0.2, 0.25) is 6.08 Å². The molecule has 0 saturated carbocycles. The third kappa shape index (κ3) is 7.83. The SMILES string of the molecule is COC(=O)c1cccc2c(N(CN=C=O)C[C@H](CSC(c3ccccc3)(c3ccccc3)c3ccccc3)OC(C)(C)C)cccc12. The van der Waals surface area contributed by atoms with Gasteiger partial charge in [0.25, 0.3) is 0 Å². The van der Waals surface area contributed by atoms with Gasteiger partial charge in [-0.15, -0.1) is 11.8 Å². The molecule has 0 heterocycles. The summed E-state index contributed by atoms with van der Waals surface area (Å²) < 4.78 is 11.3. The molecule has 0 aliphatic carbocycles. The largest absolute Gasteiger partial charge is 0.465 e. The van der Waals surface area contributed by atoms with Crippen LogP contribution in [0.4, 0.5) is 5.69 Å². The zero-order valence-electron chi connectivity index (χ0n) is 27.3. The monoisotopic (exact) mass is 644 g/mol. The number of carbonyl (C=O) groups is 1. The van der Waals surface area contributed by atoms with Crippen molar-refractivity contribution >= 4 is 40.3 Å². The van der Waals surface area contributed by atoms with E-state index < -0.39 is 16.3 Å². The summed E-state index contributed by atoms with van der Waals surface area (Å²) in [5, 5.41) is 1.61. The predicted molar refractivity (Wildman–Crippen MR) is 192 cm³/mol. The summed E-state index contributed by atoms with van der Waals surface area (Å²) in [7, 11) is 1.38. The minimum atomic E-state index is -0.524. The number of ether oxygens (including phenoxy) is 2. The van der Waals surface area contributed by atoms with Crippen molar-refractivity contribution in [3.8, 4) is 0 Å². The standard InChI is InChI=1S/C40H40N2O4S/c1-39(2,3)46-33(26-42(28-41-29-43)37-25-15-22-34-35(37)23-14-24-36(34)38(44)45-4)27-47-40(30-16-8-5-9-17-30,31-18-10-6-11-19-31)32-20-12-7-13-21-32/h5-25,33H,26-28H2,1-4H3/t33-/m1/s1. The highest BCUT2D eigenvalue weighted by molar-refractivity contribution is 8.00. The predicted octanol–water partition coefficient (Wildman–Crippen LogP) is 8.64. The molecule has 0 radical (unpaired) electrons. The molecule has 0 saturated heterocycles. The van der Waals surface area contributed by atoms with Crippen LogP contribution in [0.25, 0.3) is 10.8 Å². The van der Waals surface area contributed by atoms with Crippen molar-refractivity contribution in [3.05, 3.63) is 150 Å². The Balaban J connectivity index is 1.59. The van der Waals surface area contributed by atoms with E-state index in [1.165, 1.54) is 23.8 Å². The van der Waals surface area contributed by atoms with Gasteiger partial charge in [0.05, 0.1) is 29.1 Å². The van der Waals surface area contributed by atoms with Crippen LogP contribution in [-0.4, -0.2) is 49.8 Å². The topological polar surface area (TPSA) is 68.2 Å². The van der Waals surface area contributed by atoms with E-state index in [4.69, 9.17) is 9.47 Å². The van der Waals surface area contributed by atoms with E-state index in [1.807, 2.05) is 65.2 Å². The molecule has 0 unspecified atom stereocenters. The average molecular weight is 645 g/mol. The number of hydrogen-bond donors (Lipinski definition) is 0. The van der Waals surface area contributed by atoms with Crippen LogP contribution in [-0.2, 0) is 19.0 Å². The number of anilines is 1. The van der Waals surface area contributed by atoms with Crippen molar-refractivity contribution in [2.75, 3.05) is 31.0 Å². The summed E-state index contributed by atoms with van der Waals surface area (Å²) in [6, 6.07) is 43.1. The van der Waals surface area contributed by atoms with Gasteiger partial charge in [-0.25, -0.2) is 9.59 Å². The highest BCUT2D eigenvalue weighted by Gasteiger charge is 2.38.